The van der Waals surface area contributed by atoms with E-state index >= 15 is 0 Å². The molecule has 1 amide bonds. The molecule has 7 heteroatoms. The first-order valence-corrected chi connectivity index (χ1v) is 9.11. The first-order chi connectivity index (χ1) is 12.5. The van der Waals surface area contributed by atoms with Crippen LogP contribution >= 0.6 is 0 Å². The number of hydrogen-bond donors (Lipinski definition) is 1. The maximum atomic E-state index is 11.0. The van der Waals surface area contributed by atoms with Gasteiger partial charge in [0.2, 0.25) is 5.91 Å². The van der Waals surface area contributed by atoms with Crippen molar-refractivity contribution in [3.05, 3.63) is 42.2 Å². The number of amides is 1. The van der Waals surface area contributed by atoms with Crippen LogP contribution in [0, 0.1) is 0 Å². The second kappa shape index (κ2) is 8.31. The van der Waals surface area contributed by atoms with Gasteiger partial charge in [-0.3, -0.25) is 14.7 Å². The van der Waals surface area contributed by atoms with E-state index in [-0.39, 0.29) is 12.0 Å². The topological polar surface area (TPSA) is 72.3 Å². The van der Waals surface area contributed by atoms with Crippen molar-refractivity contribution in [3.8, 4) is 5.75 Å². The summed E-state index contributed by atoms with van der Waals surface area (Å²) < 4.78 is 8.34. The van der Waals surface area contributed by atoms with Crippen LogP contribution in [0.3, 0.4) is 0 Å². The van der Waals surface area contributed by atoms with Crippen molar-refractivity contribution in [1.29, 1.82) is 0 Å². The molecule has 1 aliphatic heterocycles. The Morgan fingerprint density at radius 1 is 1.38 bits per heavy atom. The van der Waals surface area contributed by atoms with E-state index in [4.69, 9.17) is 4.74 Å². The van der Waals surface area contributed by atoms with E-state index in [1.54, 1.807) is 6.20 Å². The second-order valence-electron chi connectivity index (χ2n) is 7.00. The summed E-state index contributed by atoms with van der Waals surface area (Å²) in [7, 11) is 0. The Bertz CT molecular complexity index is 743. The Labute approximate surface area is 154 Å². The lowest BCUT2D eigenvalue weighted by molar-refractivity contribution is -0.119. The number of imidazole rings is 1. The number of carbonyl (C=O) groups excluding carboxylic acids is 1. The number of aromatic nitrogens is 3. The Balaban J connectivity index is 1.54. The predicted octanol–water partition coefficient (Wildman–Crippen LogP) is 2.15. The number of ether oxygens (including phenoxy) is 1. The van der Waals surface area contributed by atoms with Crippen LogP contribution in [0.2, 0.25) is 0 Å². The smallest absolute Gasteiger partial charge is 0.217 e. The summed E-state index contributed by atoms with van der Waals surface area (Å²) in [6.45, 7) is 8.98. The fraction of sp³-hybridized carbons (Fsp3) is 0.526. The van der Waals surface area contributed by atoms with E-state index < -0.39 is 0 Å². The SMILES string of the molecule is CC(=O)NCc1cc(OC2CCN(Cc3nccn3C(C)C)C2)ccn1. The van der Waals surface area contributed by atoms with E-state index in [1.807, 2.05) is 24.5 Å². The highest BCUT2D eigenvalue weighted by Crippen LogP contribution is 2.20. The highest BCUT2D eigenvalue weighted by atomic mass is 16.5. The maximum absolute atomic E-state index is 11.0. The van der Waals surface area contributed by atoms with Gasteiger partial charge < -0.3 is 14.6 Å². The lowest BCUT2D eigenvalue weighted by Gasteiger charge is -2.19. The van der Waals surface area contributed by atoms with Gasteiger partial charge in [0.05, 0.1) is 18.8 Å². The molecular weight excluding hydrogens is 330 g/mol. The van der Waals surface area contributed by atoms with Gasteiger partial charge in [0.25, 0.3) is 0 Å². The third kappa shape index (κ3) is 4.82. The molecule has 1 fully saturated rings. The summed E-state index contributed by atoms with van der Waals surface area (Å²) in [5.41, 5.74) is 0.798. The van der Waals surface area contributed by atoms with Crippen molar-refractivity contribution in [2.24, 2.45) is 0 Å². The van der Waals surface area contributed by atoms with Crippen LogP contribution in [0.1, 0.15) is 44.8 Å². The molecule has 3 heterocycles. The summed E-state index contributed by atoms with van der Waals surface area (Å²) in [5.74, 6) is 1.84. The number of nitrogens with one attached hydrogen (secondary N) is 1. The highest BCUT2D eigenvalue weighted by Gasteiger charge is 2.25. The molecule has 1 saturated heterocycles. The molecule has 26 heavy (non-hydrogen) atoms. The Kier molecular flexibility index (Phi) is 5.88. The van der Waals surface area contributed by atoms with E-state index in [0.717, 1.165) is 43.3 Å². The summed E-state index contributed by atoms with van der Waals surface area (Å²) in [6.07, 6.45) is 6.78. The van der Waals surface area contributed by atoms with Crippen LogP contribution in [0.5, 0.6) is 5.75 Å². The molecule has 0 aliphatic carbocycles. The zero-order valence-electron chi connectivity index (χ0n) is 15.7. The molecule has 140 valence electrons. The maximum Gasteiger partial charge on any atom is 0.217 e. The fourth-order valence-corrected chi connectivity index (χ4v) is 3.21. The van der Waals surface area contributed by atoms with Gasteiger partial charge in [0.1, 0.15) is 17.7 Å². The van der Waals surface area contributed by atoms with Crippen molar-refractivity contribution >= 4 is 5.91 Å². The standard InChI is InChI=1S/C19H27N5O2/c1-14(2)24-9-7-21-19(24)13-23-8-5-18(12-23)26-17-4-6-20-16(10-17)11-22-15(3)25/h4,6-7,9-10,14,18H,5,8,11-13H2,1-3H3,(H,22,25). The number of hydrogen-bond acceptors (Lipinski definition) is 5. The number of pyridine rings is 1. The van der Waals surface area contributed by atoms with E-state index in [2.05, 4.69) is 38.6 Å². The van der Waals surface area contributed by atoms with Gasteiger partial charge in [-0.05, 0) is 26.3 Å². The molecule has 0 saturated carbocycles. The number of likely N-dealkylation sites (tertiary alicyclic amines) is 1. The number of rotatable bonds is 7. The van der Waals surface area contributed by atoms with Crippen molar-refractivity contribution in [2.45, 2.75) is 52.4 Å². The third-order valence-corrected chi connectivity index (χ3v) is 4.51. The van der Waals surface area contributed by atoms with Crippen molar-refractivity contribution in [3.63, 3.8) is 0 Å². The minimum Gasteiger partial charge on any atom is -0.489 e. The van der Waals surface area contributed by atoms with Crippen LogP contribution in [-0.4, -0.2) is 44.5 Å². The van der Waals surface area contributed by atoms with Crippen LogP contribution in [0.15, 0.2) is 30.7 Å². The molecule has 0 bridgehead atoms. The summed E-state index contributed by atoms with van der Waals surface area (Å²) >= 11 is 0. The molecule has 7 nitrogen and oxygen atoms in total. The molecule has 2 aromatic heterocycles. The third-order valence-electron chi connectivity index (χ3n) is 4.51. The monoisotopic (exact) mass is 357 g/mol. The molecule has 1 aliphatic rings. The Hall–Kier alpha value is -2.41. The minimum atomic E-state index is -0.0654. The van der Waals surface area contributed by atoms with Crippen LogP contribution in [0.4, 0.5) is 0 Å². The molecule has 0 aromatic carbocycles. The van der Waals surface area contributed by atoms with Gasteiger partial charge in [-0.25, -0.2) is 4.98 Å². The van der Waals surface area contributed by atoms with Crippen LogP contribution in [0.25, 0.3) is 0 Å². The zero-order valence-corrected chi connectivity index (χ0v) is 15.7. The molecule has 0 spiro atoms. The summed E-state index contributed by atoms with van der Waals surface area (Å²) in [6, 6.07) is 4.18. The molecular formula is C19H27N5O2. The van der Waals surface area contributed by atoms with Gasteiger partial charge in [-0.2, -0.15) is 0 Å². The lowest BCUT2D eigenvalue weighted by atomic mass is 10.3. The van der Waals surface area contributed by atoms with Crippen molar-refractivity contribution in [2.75, 3.05) is 13.1 Å². The average Bonchev–Trinajstić information content (AvgIpc) is 3.23. The normalized spacial score (nSPS) is 17.6. The molecule has 2 aromatic rings. The highest BCUT2D eigenvalue weighted by molar-refractivity contribution is 5.72. The van der Waals surface area contributed by atoms with Crippen molar-refractivity contribution < 1.29 is 9.53 Å². The second-order valence-corrected chi connectivity index (χ2v) is 7.00. The number of nitrogens with zero attached hydrogens (tertiary/aromatic N) is 4. The quantitative estimate of drug-likeness (QED) is 0.822. The van der Waals surface area contributed by atoms with Crippen LogP contribution in [-0.2, 0) is 17.9 Å². The largest absolute Gasteiger partial charge is 0.489 e. The van der Waals surface area contributed by atoms with Gasteiger partial charge in [0, 0.05) is 50.7 Å². The predicted molar refractivity (Wildman–Crippen MR) is 98.7 cm³/mol. The van der Waals surface area contributed by atoms with E-state index in [1.165, 1.54) is 6.92 Å². The first kappa shape index (κ1) is 18.4. The van der Waals surface area contributed by atoms with Gasteiger partial charge >= 0.3 is 0 Å². The van der Waals surface area contributed by atoms with E-state index in [9.17, 15) is 4.79 Å². The Morgan fingerprint density at radius 3 is 3.00 bits per heavy atom. The fourth-order valence-electron chi connectivity index (χ4n) is 3.21. The number of carbonyl (C=O) groups is 1. The van der Waals surface area contributed by atoms with Crippen molar-refractivity contribution in [1.82, 2.24) is 24.8 Å². The first-order valence-electron chi connectivity index (χ1n) is 9.11. The molecule has 3 rings (SSSR count). The molecule has 1 atom stereocenters. The van der Waals surface area contributed by atoms with Gasteiger partial charge in [0.15, 0.2) is 0 Å². The molecule has 0 radical (unpaired) electrons. The van der Waals surface area contributed by atoms with Crippen LogP contribution < -0.4 is 10.1 Å². The lowest BCUT2D eigenvalue weighted by Crippen LogP contribution is -2.26. The Morgan fingerprint density at radius 2 is 2.23 bits per heavy atom. The average molecular weight is 357 g/mol. The van der Waals surface area contributed by atoms with E-state index in [0.29, 0.717) is 12.6 Å². The summed E-state index contributed by atoms with van der Waals surface area (Å²) in [5, 5.41) is 2.75. The summed E-state index contributed by atoms with van der Waals surface area (Å²) in [4.78, 5) is 22.2. The van der Waals surface area contributed by atoms with Gasteiger partial charge in [-0.15, -0.1) is 0 Å². The van der Waals surface area contributed by atoms with Gasteiger partial charge in [-0.1, -0.05) is 0 Å². The minimum absolute atomic E-state index is 0.0654. The molecule has 1 N–H and O–H groups in total. The zero-order chi connectivity index (χ0) is 18.5. The molecule has 1 unspecified atom stereocenters.